The zero-order chi connectivity index (χ0) is 17.6. The number of hydrogen-bond donors (Lipinski definition) is 1. The first-order valence-electron chi connectivity index (χ1n) is 8.60. The van der Waals surface area contributed by atoms with E-state index in [9.17, 15) is 4.79 Å². The second kappa shape index (κ2) is 8.27. The standard InChI is InChI=1S/C19H28N4O/c1-19(2,3)21-18(24)15-23-10-4-9-22(11-12-23)14-17-7-5-16(13-20)6-8-17/h5-8H,4,9-12,14-15H2,1-3H3,(H,21,24). The number of nitrogens with zero attached hydrogens (tertiary/aromatic N) is 3. The van der Waals surface area contributed by atoms with E-state index in [2.05, 4.69) is 21.2 Å². The Labute approximate surface area is 145 Å². The molecule has 0 aromatic heterocycles. The van der Waals surface area contributed by atoms with Crippen molar-refractivity contribution >= 4 is 5.91 Å². The van der Waals surface area contributed by atoms with Crippen LogP contribution in [0.2, 0.25) is 0 Å². The van der Waals surface area contributed by atoms with E-state index in [1.54, 1.807) is 0 Å². The summed E-state index contributed by atoms with van der Waals surface area (Å²) in [5, 5.41) is 11.9. The molecule has 0 saturated carbocycles. The van der Waals surface area contributed by atoms with Crippen molar-refractivity contribution in [1.82, 2.24) is 15.1 Å². The lowest BCUT2D eigenvalue weighted by Gasteiger charge is -2.25. The molecular formula is C19H28N4O. The van der Waals surface area contributed by atoms with E-state index >= 15 is 0 Å². The molecule has 1 saturated heterocycles. The largest absolute Gasteiger partial charge is 0.350 e. The summed E-state index contributed by atoms with van der Waals surface area (Å²) in [5.74, 6) is 0.100. The van der Waals surface area contributed by atoms with Gasteiger partial charge in [0.15, 0.2) is 0 Å². The Kier molecular flexibility index (Phi) is 6.36. The van der Waals surface area contributed by atoms with Crippen LogP contribution in [0.3, 0.4) is 0 Å². The van der Waals surface area contributed by atoms with Gasteiger partial charge in [0.1, 0.15) is 0 Å². The second-order valence-electron chi connectivity index (χ2n) is 7.51. The number of nitriles is 1. The molecule has 1 heterocycles. The highest BCUT2D eigenvalue weighted by Gasteiger charge is 2.19. The minimum Gasteiger partial charge on any atom is -0.350 e. The van der Waals surface area contributed by atoms with Crippen molar-refractivity contribution in [2.45, 2.75) is 39.3 Å². The Hall–Kier alpha value is -1.90. The van der Waals surface area contributed by atoms with Crippen LogP contribution in [0.1, 0.15) is 38.3 Å². The molecule has 1 aliphatic rings. The monoisotopic (exact) mass is 328 g/mol. The average molecular weight is 328 g/mol. The van der Waals surface area contributed by atoms with Gasteiger partial charge in [-0.1, -0.05) is 12.1 Å². The Morgan fingerprint density at radius 2 is 1.75 bits per heavy atom. The van der Waals surface area contributed by atoms with E-state index in [0.717, 1.165) is 39.1 Å². The van der Waals surface area contributed by atoms with Crippen molar-refractivity contribution in [2.24, 2.45) is 0 Å². The highest BCUT2D eigenvalue weighted by Crippen LogP contribution is 2.10. The number of carbonyl (C=O) groups is 1. The van der Waals surface area contributed by atoms with Gasteiger partial charge in [0.05, 0.1) is 18.2 Å². The van der Waals surface area contributed by atoms with Crippen molar-refractivity contribution in [3.05, 3.63) is 35.4 Å². The number of nitrogens with one attached hydrogen (secondary N) is 1. The number of hydrogen-bond acceptors (Lipinski definition) is 4. The second-order valence-corrected chi connectivity index (χ2v) is 7.51. The van der Waals surface area contributed by atoms with Gasteiger partial charge in [0, 0.05) is 25.2 Å². The van der Waals surface area contributed by atoms with Gasteiger partial charge in [-0.3, -0.25) is 14.6 Å². The maximum atomic E-state index is 12.1. The minimum absolute atomic E-state index is 0.100. The molecule has 5 heteroatoms. The van der Waals surface area contributed by atoms with Crippen LogP contribution in [-0.2, 0) is 11.3 Å². The number of carbonyl (C=O) groups excluding carboxylic acids is 1. The quantitative estimate of drug-likeness (QED) is 0.918. The molecule has 5 nitrogen and oxygen atoms in total. The number of amides is 1. The topological polar surface area (TPSA) is 59.4 Å². The van der Waals surface area contributed by atoms with Gasteiger partial charge < -0.3 is 5.32 Å². The van der Waals surface area contributed by atoms with E-state index in [1.165, 1.54) is 5.56 Å². The molecule has 130 valence electrons. The van der Waals surface area contributed by atoms with Crippen molar-refractivity contribution in [3.8, 4) is 6.07 Å². The fourth-order valence-corrected chi connectivity index (χ4v) is 2.94. The van der Waals surface area contributed by atoms with E-state index in [0.29, 0.717) is 12.1 Å². The molecule has 1 fully saturated rings. The zero-order valence-electron chi connectivity index (χ0n) is 15.0. The van der Waals surface area contributed by atoms with Crippen molar-refractivity contribution in [3.63, 3.8) is 0 Å². The Bertz CT molecular complexity index is 583. The smallest absolute Gasteiger partial charge is 0.234 e. The lowest BCUT2D eigenvalue weighted by Crippen LogP contribution is -2.46. The summed E-state index contributed by atoms with van der Waals surface area (Å²) in [6.07, 6.45) is 1.07. The van der Waals surface area contributed by atoms with E-state index in [1.807, 2.05) is 45.0 Å². The first-order chi connectivity index (χ1) is 11.4. The van der Waals surface area contributed by atoms with Crippen LogP contribution in [0.4, 0.5) is 0 Å². The molecule has 0 radical (unpaired) electrons. The van der Waals surface area contributed by atoms with Gasteiger partial charge in [-0.2, -0.15) is 5.26 Å². The SMILES string of the molecule is CC(C)(C)NC(=O)CN1CCCN(Cc2ccc(C#N)cc2)CC1. The van der Waals surface area contributed by atoms with Gasteiger partial charge in [-0.25, -0.2) is 0 Å². The summed E-state index contributed by atoms with van der Waals surface area (Å²) in [5.41, 5.74) is 1.75. The molecule has 0 spiro atoms. The van der Waals surface area contributed by atoms with Crippen molar-refractivity contribution < 1.29 is 4.79 Å². The molecule has 1 aliphatic heterocycles. The third-order valence-corrected chi connectivity index (χ3v) is 4.05. The Morgan fingerprint density at radius 1 is 1.12 bits per heavy atom. The predicted molar refractivity (Wildman–Crippen MR) is 95.4 cm³/mol. The molecule has 0 atom stereocenters. The van der Waals surface area contributed by atoms with Crippen LogP contribution in [0, 0.1) is 11.3 Å². The van der Waals surface area contributed by atoms with Gasteiger partial charge in [0.2, 0.25) is 5.91 Å². The summed E-state index contributed by atoms with van der Waals surface area (Å²) >= 11 is 0. The molecule has 0 bridgehead atoms. The molecule has 1 N–H and O–H groups in total. The third kappa shape index (κ3) is 6.31. The summed E-state index contributed by atoms with van der Waals surface area (Å²) < 4.78 is 0. The zero-order valence-corrected chi connectivity index (χ0v) is 15.0. The van der Waals surface area contributed by atoms with Crippen LogP contribution in [0.15, 0.2) is 24.3 Å². The fraction of sp³-hybridized carbons (Fsp3) is 0.579. The normalized spacial score (nSPS) is 17.1. The van der Waals surface area contributed by atoms with Crippen LogP contribution in [0.25, 0.3) is 0 Å². The lowest BCUT2D eigenvalue weighted by atomic mass is 10.1. The summed E-state index contributed by atoms with van der Waals surface area (Å²) in [6, 6.07) is 9.94. The van der Waals surface area contributed by atoms with Gasteiger partial charge in [0.25, 0.3) is 0 Å². The molecule has 0 unspecified atom stereocenters. The summed E-state index contributed by atoms with van der Waals surface area (Å²) in [4.78, 5) is 16.7. The minimum atomic E-state index is -0.176. The lowest BCUT2D eigenvalue weighted by molar-refractivity contribution is -0.123. The van der Waals surface area contributed by atoms with Gasteiger partial charge >= 0.3 is 0 Å². The Balaban J connectivity index is 1.81. The van der Waals surface area contributed by atoms with Crippen molar-refractivity contribution in [1.29, 1.82) is 5.26 Å². The first kappa shape index (κ1) is 18.4. The Morgan fingerprint density at radius 3 is 2.38 bits per heavy atom. The first-order valence-corrected chi connectivity index (χ1v) is 8.60. The highest BCUT2D eigenvalue weighted by atomic mass is 16.2. The average Bonchev–Trinajstić information content (AvgIpc) is 2.71. The van der Waals surface area contributed by atoms with Crippen LogP contribution < -0.4 is 5.32 Å². The molecule has 0 aliphatic carbocycles. The molecule has 24 heavy (non-hydrogen) atoms. The van der Waals surface area contributed by atoms with E-state index in [-0.39, 0.29) is 11.4 Å². The van der Waals surface area contributed by atoms with E-state index < -0.39 is 0 Å². The molecule has 1 amide bonds. The number of benzene rings is 1. The molecule has 2 rings (SSSR count). The van der Waals surface area contributed by atoms with Crippen molar-refractivity contribution in [2.75, 3.05) is 32.7 Å². The van der Waals surface area contributed by atoms with Crippen LogP contribution >= 0.6 is 0 Å². The third-order valence-electron chi connectivity index (χ3n) is 4.05. The fourth-order valence-electron chi connectivity index (χ4n) is 2.94. The predicted octanol–water partition coefficient (Wildman–Crippen LogP) is 1.98. The maximum absolute atomic E-state index is 12.1. The molecular weight excluding hydrogens is 300 g/mol. The van der Waals surface area contributed by atoms with Gasteiger partial charge in [-0.05, 0) is 58.0 Å². The van der Waals surface area contributed by atoms with Gasteiger partial charge in [-0.15, -0.1) is 0 Å². The van der Waals surface area contributed by atoms with Crippen LogP contribution in [-0.4, -0.2) is 54.0 Å². The summed E-state index contributed by atoms with van der Waals surface area (Å²) in [6.45, 7) is 11.3. The summed E-state index contributed by atoms with van der Waals surface area (Å²) in [7, 11) is 0. The number of rotatable bonds is 4. The molecule has 1 aromatic carbocycles. The van der Waals surface area contributed by atoms with Crippen LogP contribution in [0.5, 0.6) is 0 Å². The maximum Gasteiger partial charge on any atom is 0.234 e. The molecule has 1 aromatic rings. The van der Waals surface area contributed by atoms with E-state index in [4.69, 9.17) is 5.26 Å². The highest BCUT2D eigenvalue weighted by molar-refractivity contribution is 5.78.